The van der Waals surface area contributed by atoms with Crippen LogP contribution < -0.4 is 9.47 Å². The van der Waals surface area contributed by atoms with Crippen molar-refractivity contribution in [3.63, 3.8) is 0 Å². The molecule has 0 spiro atoms. The molecule has 0 radical (unpaired) electrons. The van der Waals surface area contributed by atoms with Crippen LogP contribution in [0.2, 0.25) is 0 Å². The molecule has 1 heterocycles. The van der Waals surface area contributed by atoms with Gasteiger partial charge in [-0.25, -0.2) is 0 Å². The molecule has 0 aromatic heterocycles. The van der Waals surface area contributed by atoms with Crippen LogP contribution >= 0.6 is 27.7 Å². The average Bonchev–Trinajstić information content (AvgIpc) is 3.08. The number of halogens is 1. The van der Waals surface area contributed by atoms with Crippen molar-refractivity contribution in [2.75, 3.05) is 13.2 Å². The summed E-state index contributed by atoms with van der Waals surface area (Å²) in [6.45, 7) is 3.37. The van der Waals surface area contributed by atoms with Crippen LogP contribution in [0.15, 0.2) is 51.8 Å². The van der Waals surface area contributed by atoms with Gasteiger partial charge >= 0.3 is 0 Å². The van der Waals surface area contributed by atoms with Crippen LogP contribution in [0.3, 0.4) is 0 Å². The lowest BCUT2D eigenvalue weighted by Crippen LogP contribution is -2.34. The van der Waals surface area contributed by atoms with E-state index in [1.54, 1.807) is 6.08 Å². The summed E-state index contributed by atoms with van der Waals surface area (Å²) in [5.74, 6) is 1.49. The Morgan fingerprint density at radius 2 is 1.79 bits per heavy atom. The first-order valence-electron chi connectivity index (χ1n) is 11.4. The molecule has 4 rings (SSSR count). The van der Waals surface area contributed by atoms with Crippen LogP contribution in [0.4, 0.5) is 4.79 Å². The van der Waals surface area contributed by atoms with Crippen molar-refractivity contribution in [3.05, 3.63) is 63.0 Å². The van der Waals surface area contributed by atoms with Crippen LogP contribution in [-0.4, -0.2) is 29.2 Å². The first-order valence-corrected chi connectivity index (χ1v) is 13.0. The Bertz CT molecular complexity index is 1030. The van der Waals surface area contributed by atoms with E-state index < -0.39 is 0 Å². The first-order chi connectivity index (χ1) is 16.0. The van der Waals surface area contributed by atoms with E-state index in [1.807, 2.05) is 49.4 Å². The van der Waals surface area contributed by atoms with Gasteiger partial charge in [0.15, 0.2) is 11.5 Å². The Labute approximate surface area is 207 Å². The number of nitrogens with zero attached hydrogens (tertiary/aromatic N) is 1. The van der Waals surface area contributed by atoms with E-state index in [0.717, 1.165) is 40.2 Å². The van der Waals surface area contributed by atoms with Gasteiger partial charge in [-0.3, -0.25) is 14.5 Å². The molecule has 1 aliphatic heterocycles. The fourth-order valence-electron chi connectivity index (χ4n) is 4.18. The summed E-state index contributed by atoms with van der Waals surface area (Å²) in [5.41, 5.74) is 1.86. The predicted molar refractivity (Wildman–Crippen MR) is 135 cm³/mol. The van der Waals surface area contributed by atoms with Gasteiger partial charge in [0.25, 0.3) is 11.1 Å². The fourth-order valence-corrected chi connectivity index (χ4v) is 5.29. The number of hydrogen-bond donors (Lipinski definition) is 0. The molecule has 2 fully saturated rings. The lowest BCUT2D eigenvalue weighted by molar-refractivity contribution is -0.123. The maximum Gasteiger partial charge on any atom is 0.293 e. The third kappa shape index (κ3) is 6.21. The van der Waals surface area contributed by atoms with Crippen LogP contribution in [0.25, 0.3) is 6.08 Å². The van der Waals surface area contributed by atoms with Crippen molar-refractivity contribution in [1.82, 2.24) is 4.90 Å². The maximum atomic E-state index is 12.9. The summed E-state index contributed by atoms with van der Waals surface area (Å²) < 4.78 is 12.8. The molecule has 7 heteroatoms. The van der Waals surface area contributed by atoms with E-state index in [-0.39, 0.29) is 11.1 Å². The predicted octanol–water partition coefficient (Wildman–Crippen LogP) is 7.04. The number of carbonyl (C=O) groups excluding carboxylic acids is 2. The quantitative estimate of drug-likeness (QED) is 0.343. The minimum Gasteiger partial charge on any atom is -0.490 e. The van der Waals surface area contributed by atoms with E-state index in [0.29, 0.717) is 42.1 Å². The number of imide groups is 1. The molecule has 2 amide bonds. The summed E-state index contributed by atoms with van der Waals surface area (Å²) in [6, 6.07) is 13.6. The van der Waals surface area contributed by atoms with Gasteiger partial charge in [-0.2, -0.15) is 0 Å². The molecule has 174 valence electrons. The van der Waals surface area contributed by atoms with Gasteiger partial charge in [-0.15, -0.1) is 0 Å². The summed E-state index contributed by atoms with van der Waals surface area (Å²) in [5, 5.41) is -0.170. The van der Waals surface area contributed by atoms with Crippen molar-refractivity contribution < 1.29 is 19.1 Å². The average molecular weight is 530 g/mol. The van der Waals surface area contributed by atoms with Crippen molar-refractivity contribution >= 4 is 44.9 Å². The van der Waals surface area contributed by atoms with E-state index in [2.05, 4.69) is 15.9 Å². The largest absolute Gasteiger partial charge is 0.490 e. The van der Waals surface area contributed by atoms with Crippen LogP contribution in [0, 0.1) is 5.92 Å². The third-order valence-electron chi connectivity index (χ3n) is 5.91. The molecule has 1 saturated heterocycles. The molecule has 0 N–H and O–H groups in total. The van der Waals surface area contributed by atoms with Gasteiger partial charge in [0.2, 0.25) is 0 Å². The molecule has 0 bridgehead atoms. The Hall–Kier alpha value is -2.25. The number of carbonyl (C=O) groups is 2. The second-order valence-corrected chi connectivity index (χ2v) is 10.3. The summed E-state index contributed by atoms with van der Waals surface area (Å²) in [6.07, 6.45) is 7.59. The molecule has 2 aliphatic rings. The molecular weight excluding hydrogens is 502 g/mol. The minimum atomic E-state index is -0.191. The molecule has 0 unspecified atom stereocenters. The number of rotatable bonds is 8. The number of hydrogen-bond acceptors (Lipinski definition) is 5. The highest BCUT2D eigenvalue weighted by molar-refractivity contribution is 9.10. The zero-order chi connectivity index (χ0) is 23.2. The van der Waals surface area contributed by atoms with Crippen molar-refractivity contribution in [2.45, 2.75) is 45.6 Å². The second kappa shape index (κ2) is 11.3. The number of ether oxygens (including phenoxy) is 2. The lowest BCUT2D eigenvalue weighted by Gasteiger charge is -2.25. The lowest BCUT2D eigenvalue weighted by atomic mass is 9.89. The van der Waals surface area contributed by atoms with Gasteiger partial charge in [0, 0.05) is 11.0 Å². The van der Waals surface area contributed by atoms with Gasteiger partial charge in [0.1, 0.15) is 6.61 Å². The molecule has 1 aliphatic carbocycles. The SMILES string of the molecule is CCOc1cc(/C=C2/SC(=O)N(CC3CCCCC3)C2=O)ccc1OCc1ccc(Br)cc1. The monoisotopic (exact) mass is 529 g/mol. The molecule has 0 atom stereocenters. The van der Waals surface area contributed by atoms with E-state index in [4.69, 9.17) is 9.47 Å². The first kappa shape index (κ1) is 23.9. The van der Waals surface area contributed by atoms with Gasteiger partial charge in [0.05, 0.1) is 11.5 Å². The number of thioether (sulfide) groups is 1. The maximum absolute atomic E-state index is 12.9. The van der Waals surface area contributed by atoms with Gasteiger partial charge in [-0.1, -0.05) is 53.4 Å². The van der Waals surface area contributed by atoms with Crippen molar-refractivity contribution in [1.29, 1.82) is 0 Å². The highest BCUT2D eigenvalue weighted by Gasteiger charge is 2.36. The normalized spacial score (nSPS) is 18.2. The Morgan fingerprint density at radius 3 is 2.52 bits per heavy atom. The summed E-state index contributed by atoms with van der Waals surface area (Å²) >= 11 is 4.46. The van der Waals surface area contributed by atoms with Crippen molar-refractivity contribution in [2.24, 2.45) is 5.92 Å². The molecule has 5 nitrogen and oxygen atoms in total. The zero-order valence-electron chi connectivity index (χ0n) is 18.7. The summed E-state index contributed by atoms with van der Waals surface area (Å²) in [7, 11) is 0. The second-order valence-electron chi connectivity index (χ2n) is 8.35. The Morgan fingerprint density at radius 1 is 1.03 bits per heavy atom. The number of benzene rings is 2. The molecule has 2 aromatic rings. The van der Waals surface area contributed by atoms with Crippen LogP contribution in [0.1, 0.15) is 50.2 Å². The van der Waals surface area contributed by atoms with E-state index >= 15 is 0 Å². The topological polar surface area (TPSA) is 55.8 Å². The number of amides is 2. The highest BCUT2D eigenvalue weighted by atomic mass is 79.9. The minimum absolute atomic E-state index is 0.170. The van der Waals surface area contributed by atoms with Crippen LogP contribution in [-0.2, 0) is 11.4 Å². The summed E-state index contributed by atoms with van der Waals surface area (Å²) in [4.78, 5) is 27.3. The van der Waals surface area contributed by atoms with Gasteiger partial charge < -0.3 is 9.47 Å². The third-order valence-corrected chi connectivity index (χ3v) is 7.35. The van der Waals surface area contributed by atoms with E-state index in [1.165, 1.54) is 24.2 Å². The zero-order valence-corrected chi connectivity index (χ0v) is 21.1. The molecule has 1 saturated carbocycles. The van der Waals surface area contributed by atoms with Gasteiger partial charge in [-0.05, 0) is 78.9 Å². The fraction of sp³-hybridized carbons (Fsp3) is 0.385. The Balaban J connectivity index is 1.46. The standard InChI is InChI=1S/C26H28BrNO4S/c1-2-31-23-14-20(10-13-22(23)32-17-19-8-11-21(27)12-9-19)15-24-25(29)28(26(30)33-24)16-18-6-4-3-5-7-18/h8-15,18H,2-7,16-17H2,1H3/b24-15+. The molecule has 2 aromatic carbocycles. The molecular formula is C26H28BrNO4S. The van der Waals surface area contributed by atoms with Crippen LogP contribution in [0.5, 0.6) is 11.5 Å². The smallest absolute Gasteiger partial charge is 0.293 e. The molecule has 33 heavy (non-hydrogen) atoms. The van der Waals surface area contributed by atoms with E-state index in [9.17, 15) is 9.59 Å². The highest BCUT2D eigenvalue weighted by Crippen LogP contribution is 2.36. The Kier molecular flexibility index (Phi) is 8.15. The van der Waals surface area contributed by atoms with Crippen molar-refractivity contribution in [3.8, 4) is 11.5 Å².